The number of hydrogen-bond acceptors (Lipinski definition) is 7. The Morgan fingerprint density at radius 3 is 2.87 bits per heavy atom. The molecule has 4 heterocycles. The number of urea groups is 1. The number of aromatic nitrogens is 3. The predicted octanol–water partition coefficient (Wildman–Crippen LogP) is -0.0711. The first-order valence-corrected chi connectivity index (χ1v) is 10.2. The molecule has 0 radical (unpaired) electrons. The van der Waals surface area contributed by atoms with Crippen molar-refractivity contribution in [3.05, 3.63) is 42.7 Å². The SMILES string of the molecule is Cn1ccnc1CNC(=O)C[C@@H]1C[C@H]2O[C@H](CNC(=O)Nc3cccnc3)[C@@H](O)[C@H]2O1. The number of nitrogens with one attached hydrogen (secondary N) is 3. The minimum atomic E-state index is -0.885. The zero-order chi connectivity index (χ0) is 21.8. The van der Waals surface area contributed by atoms with Crippen LogP contribution in [-0.2, 0) is 27.9 Å². The number of carbonyl (C=O) groups excluding carboxylic acids is 2. The highest BCUT2D eigenvalue weighted by Crippen LogP contribution is 2.35. The zero-order valence-corrected chi connectivity index (χ0v) is 17.1. The molecule has 2 aliphatic rings. The van der Waals surface area contributed by atoms with Gasteiger partial charge in [-0.2, -0.15) is 0 Å². The van der Waals surface area contributed by atoms with Gasteiger partial charge in [0.1, 0.15) is 24.1 Å². The number of pyridine rings is 1. The van der Waals surface area contributed by atoms with Gasteiger partial charge in [0.15, 0.2) is 0 Å². The van der Waals surface area contributed by atoms with Gasteiger partial charge in [-0.15, -0.1) is 0 Å². The lowest BCUT2D eigenvalue weighted by Crippen LogP contribution is -2.42. The topological polar surface area (TPSA) is 140 Å². The van der Waals surface area contributed by atoms with Crippen molar-refractivity contribution in [3.63, 3.8) is 0 Å². The van der Waals surface area contributed by atoms with Crippen LogP contribution in [0.15, 0.2) is 36.9 Å². The van der Waals surface area contributed by atoms with Gasteiger partial charge in [0, 0.05) is 38.6 Å². The Bertz CT molecular complexity index is 906. The van der Waals surface area contributed by atoms with E-state index in [9.17, 15) is 14.7 Å². The van der Waals surface area contributed by atoms with E-state index in [0.717, 1.165) is 5.82 Å². The molecule has 2 aromatic rings. The van der Waals surface area contributed by atoms with Gasteiger partial charge in [-0.1, -0.05) is 0 Å². The Morgan fingerprint density at radius 2 is 2.16 bits per heavy atom. The highest BCUT2D eigenvalue weighted by molar-refractivity contribution is 5.88. The van der Waals surface area contributed by atoms with E-state index in [1.165, 1.54) is 6.20 Å². The molecule has 11 nitrogen and oxygen atoms in total. The molecule has 0 aromatic carbocycles. The Hall–Kier alpha value is -3.02. The van der Waals surface area contributed by atoms with Crippen molar-refractivity contribution in [2.45, 2.75) is 49.9 Å². The molecule has 0 unspecified atom stereocenters. The summed E-state index contributed by atoms with van der Waals surface area (Å²) in [4.78, 5) is 32.3. The summed E-state index contributed by atoms with van der Waals surface area (Å²) in [5, 5.41) is 18.7. The number of aryl methyl sites for hydroxylation is 1. The molecule has 2 aromatic heterocycles. The maximum atomic E-state index is 12.2. The number of anilines is 1. The molecule has 3 amide bonds. The van der Waals surface area contributed by atoms with Crippen molar-refractivity contribution in [1.82, 2.24) is 25.2 Å². The van der Waals surface area contributed by atoms with E-state index >= 15 is 0 Å². The van der Waals surface area contributed by atoms with E-state index in [1.54, 1.807) is 24.5 Å². The molecule has 4 rings (SSSR count). The van der Waals surface area contributed by atoms with Crippen LogP contribution < -0.4 is 16.0 Å². The monoisotopic (exact) mass is 430 g/mol. The normalized spacial score (nSPS) is 27.0. The first-order valence-electron chi connectivity index (χ1n) is 10.2. The zero-order valence-electron chi connectivity index (χ0n) is 17.1. The number of amides is 3. The maximum Gasteiger partial charge on any atom is 0.319 e. The van der Waals surface area contributed by atoms with E-state index in [-0.39, 0.29) is 31.1 Å². The Labute approximate surface area is 179 Å². The summed E-state index contributed by atoms with van der Waals surface area (Å²) in [6.45, 7) is 0.480. The molecule has 2 aliphatic heterocycles. The number of ether oxygens (including phenoxy) is 2. The second kappa shape index (κ2) is 9.41. The Morgan fingerprint density at radius 1 is 1.29 bits per heavy atom. The van der Waals surface area contributed by atoms with E-state index in [4.69, 9.17) is 9.47 Å². The fourth-order valence-electron chi connectivity index (χ4n) is 3.84. The van der Waals surface area contributed by atoms with Crippen LogP contribution in [0.3, 0.4) is 0 Å². The molecule has 0 aliphatic carbocycles. The molecule has 166 valence electrons. The number of hydrogen-bond donors (Lipinski definition) is 4. The fraction of sp³-hybridized carbons (Fsp3) is 0.500. The lowest BCUT2D eigenvalue weighted by molar-refractivity contribution is -0.125. The standard InChI is InChI=1S/C20H26N6O5/c1-26-6-5-22-16(26)11-23-17(27)8-13-7-14-19(30-13)18(28)15(31-14)10-24-20(29)25-12-3-2-4-21-9-12/h2-6,9,13-15,18-19,28H,7-8,10-11H2,1H3,(H,23,27)(H2,24,25,29)/t13-,14+,15+,18+,19-/m0/s1. The van der Waals surface area contributed by atoms with Gasteiger partial charge in [-0.05, 0) is 12.1 Å². The van der Waals surface area contributed by atoms with Crippen molar-refractivity contribution in [2.24, 2.45) is 7.05 Å². The minimum Gasteiger partial charge on any atom is -0.388 e. The number of fused-ring (bicyclic) bond motifs is 1. The molecule has 0 bridgehead atoms. The van der Waals surface area contributed by atoms with E-state index in [0.29, 0.717) is 18.7 Å². The molecule has 0 saturated carbocycles. The van der Waals surface area contributed by atoms with Crippen molar-refractivity contribution in [3.8, 4) is 0 Å². The van der Waals surface area contributed by atoms with Crippen molar-refractivity contribution in [2.75, 3.05) is 11.9 Å². The van der Waals surface area contributed by atoms with Crippen LogP contribution in [0.4, 0.5) is 10.5 Å². The molecule has 31 heavy (non-hydrogen) atoms. The van der Waals surface area contributed by atoms with Crippen molar-refractivity contribution >= 4 is 17.6 Å². The second-order valence-electron chi connectivity index (χ2n) is 7.67. The second-order valence-corrected chi connectivity index (χ2v) is 7.67. The average molecular weight is 430 g/mol. The molecule has 2 fully saturated rings. The number of imidazole rings is 1. The van der Waals surface area contributed by atoms with E-state index < -0.39 is 24.3 Å². The summed E-state index contributed by atoms with van der Waals surface area (Å²) in [5.74, 6) is 0.618. The van der Waals surface area contributed by atoms with Crippen LogP contribution in [0.1, 0.15) is 18.7 Å². The van der Waals surface area contributed by atoms with Crippen LogP contribution in [-0.4, -0.2) is 68.6 Å². The summed E-state index contributed by atoms with van der Waals surface area (Å²) >= 11 is 0. The van der Waals surface area contributed by atoms with E-state index in [1.807, 2.05) is 17.8 Å². The highest BCUT2D eigenvalue weighted by atomic mass is 16.6. The largest absolute Gasteiger partial charge is 0.388 e. The van der Waals surface area contributed by atoms with Crippen LogP contribution in [0.2, 0.25) is 0 Å². The van der Waals surface area contributed by atoms with E-state index in [2.05, 4.69) is 25.9 Å². The van der Waals surface area contributed by atoms with Gasteiger partial charge in [0.2, 0.25) is 5.91 Å². The number of rotatable bonds is 7. The van der Waals surface area contributed by atoms with Crippen LogP contribution in [0.5, 0.6) is 0 Å². The molecule has 0 spiro atoms. The summed E-state index contributed by atoms with van der Waals surface area (Å²) in [5.41, 5.74) is 0.567. The molecule has 4 N–H and O–H groups in total. The molecular weight excluding hydrogens is 404 g/mol. The van der Waals surface area contributed by atoms with Gasteiger partial charge >= 0.3 is 6.03 Å². The summed E-state index contributed by atoms with van der Waals surface area (Å²) < 4.78 is 13.6. The number of nitrogens with zero attached hydrogens (tertiary/aromatic N) is 3. The number of aliphatic hydroxyl groups excluding tert-OH is 1. The summed E-state index contributed by atoms with van der Waals surface area (Å²) in [6, 6.07) is 3.02. The molecular formula is C20H26N6O5. The maximum absolute atomic E-state index is 12.2. The first kappa shape index (κ1) is 21.2. The van der Waals surface area contributed by atoms with Gasteiger partial charge in [-0.25, -0.2) is 9.78 Å². The predicted molar refractivity (Wildman–Crippen MR) is 109 cm³/mol. The molecule has 11 heteroatoms. The van der Waals surface area contributed by atoms with Crippen molar-refractivity contribution < 1.29 is 24.2 Å². The lowest BCUT2D eigenvalue weighted by atomic mass is 10.1. The van der Waals surface area contributed by atoms with Crippen LogP contribution >= 0.6 is 0 Å². The third-order valence-corrected chi connectivity index (χ3v) is 5.44. The van der Waals surface area contributed by atoms with Crippen LogP contribution in [0, 0.1) is 0 Å². The average Bonchev–Trinajstić information content (AvgIpc) is 3.42. The molecule has 2 saturated heterocycles. The highest BCUT2D eigenvalue weighted by Gasteiger charge is 2.50. The van der Waals surface area contributed by atoms with Crippen LogP contribution in [0.25, 0.3) is 0 Å². The number of carbonyl (C=O) groups is 2. The Kier molecular flexibility index (Phi) is 6.44. The molecule has 5 atom stereocenters. The van der Waals surface area contributed by atoms with Gasteiger partial charge < -0.3 is 35.1 Å². The number of aliphatic hydroxyl groups is 1. The fourth-order valence-corrected chi connectivity index (χ4v) is 3.84. The van der Waals surface area contributed by atoms with Gasteiger partial charge in [0.05, 0.1) is 37.1 Å². The smallest absolute Gasteiger partial charge is 0.319 e. The first-order chi connectivity index (χ1) is 15.0. The lowest BCUT2D eigenvalue weighted by Gasteiger charge is -2.20. The van der Waals surface area contributed by atoms with Gasteiger partial charge in [-0.3, -0.25) is 9.78 Å². The quantitative estimate of drug-likeness (QED) is 0.482. The third kappa shape index (κ3) is 5.19. The van der Waals surface area contributed by atoms with Crippen molar-refractivity contribution in [1.29, 1.82) is 0 Å². The minimum absolute atomic E-state index is 0.137. The summed E-state index contributed by atoms with van der Waals surface area (Å²) in [6.07, 6.45) is 4.72. The third-order valence-electron chi connectivity index (χ3n) is 5.44. The Balaban J connectivity index is 1.18. The summed E-state index contributed by atoms with van der Waals surface area (Å²) in [7, 11) is 1.86. The van der Waals surface area contributed by atoms with Gasteiger partial charge in [0.25, 0.3) is 0 Å².